The van der Waals surface area contributed by atoms with Crippen molar-refractivity contribution in [2.24, 2.45) is 0 Å². The molecule has 2 aliphatic heterocycles. The molecule has 88 valence electrons. The van der Waals surface area contributed by atoms with E-state index in [1.807, 2.05) is 0 Å². The third-order valence-electron chi connectivity index (χ3n) is 3.49. The predicted molar refractivity (Wildman–Crippen MR) is 62.1 cm³/mol. The second kappa shape index (κ2) is 5.83. The quantitative estimate of drug-likeness (QED) is 0.762. The fourth-order valence-corrected chi connectivity index (χ4v) is 2.58. The van der Waals surface area contributed by atoms with Crippen molar-refractivity contribution >= 4 is 0 Å². The largest absolute Gasteiger partial charge is 0.378 e. The van der Waals surface area contributed by atoms with Crippen LogP contribution in [0.25, 0.3) is 0 Å². The average Bonchev–Trinajstić information content (AvgIpc) is 2.28. The molecule has 0 aromatic rings. The van der Waals surface area contributed by atoms with Gasteiger partial charge in [0, 0.05) is 38.8 Å². The molecule has 0 aromatic carbocycles. The van der Waals surface area contributed by atoms with Crippen LogP contribution in [0.2, 0.25) is 0 Å². The molecule has 1 N–H and O–H groups in total. The van der Waals surface area contributed by atoms with Crippen molar-refractivity contribution in [1.29, 1.82) is 0 Å². The third-order valence-corrected chi connectivity index (χ3v) is 3.49. The molecule has 15 heavy (non-hydrogen) atoms. The molecule has 0 amide bonds. The van der Waals surface area contributed by atoms with Gasteiger partial charge in [0.1, 0.15) is 0 Å². The Hall–Kier alpha value is -0.120. The summed E-state index contributed by atoms with van der Waals surface area (Å²) in [6, 6.07) is 0.658. The van der Waals surface area contributed by atoms with Crippen LogP contribution < -0.4 is 5.32 Å². The van der Waals surface area contributed by atoms with Crippen LogP contribution in [0, 0.1) is 0 Å². The van der Waals surface area contributed by atoms with Gasteiger partial charge in [-0.3, -0.25) is 0 Å². The van der Waals surface area contributed by atoms with E-state index in [-0.39, 0.29) is 0 Å². The summed E-state index contributed by atoms with van der Waals surface area (Å²) in [5, 5.41) is 3.48. The topological polar surface area (TPSA) is 24.5 Å². The normalized spacial score (nSPS) is 34.2. The zero-order chi connectivity index (χ0) is 10.5. The average molecular weight is 212 g/mol. The Balaban J connectivity index is 1.63. The summed E-state index contributed by atoms with van der Waals surface area (Å²) < 4.78 is 5.75. The molecule has 0 radical (unpaired) electrons. The lowest BCUT2D eigenvalue weighted by Gasteiger charge is -2.33. The van der Waals surface area contributed by atoms with Crippen molar-refractivity contribution in [1.82, 2.24) is 10.2 Å². The molecule has 2 heterocycles. The molecule has 2 unspecified atom stereocenters. The second-order valence-corrected chi connectivity index (χ2v) is 4.93. The van der Waals surface area contributed by atoms with E-state index in [1.54, 1.807) is 0 Å². The van der Waals surface area contributed by atoms with Crippen LogP contribution in [0.4, 0.5) is 0 Å². The standard InChI is InChI=1S/C12H24N2O/c1-11-10-14(8-6-13-11)7-5-12-4-2-3-9-15-12/h11-13H,2-10H2,1H3. The lowest BCUT2D eigenvalue weighted by molar-refractivity contribution is 0.00418. The highest BCUT2D eigenvalue weighted by atomic mass is 16.5. The number of piperazine rings is 1. The van der Waals surface area contributed by atoms with Crippen LogP contribution in [0.15, 0.2) is 0 Å². The van der Waals surface area contributed by atoms with Crippen LogP contribution in [0.1, 0.15) is 32.6 Å². The molecular weight excluding hydrogens is 188 g/mol. The lowest BCUT2D eigenvalue weighted by Crippen LogP contribution is -2.49. The van der Waals surface area contributed by atoms with Crippen molar-refractivity contribution in [2.75, 3.05) is 32.8 Å². The van der Waals surface area contributed by atoms with E-state index in [1.165, 1.54) is 45.3 Å². The van der Waals surface area contributed by atoms with Gasteiger partial charge < -0.3 is 15.0 Å². The van der Waals surface area contributed by atoms with Crippen molar-refractivity contribution in [2.45, 2.75) is 44.8 Å². The van der Waals surface area contributed by atoms with E-state index in [2.05, 4.69) is 17.1 Å². The Morgan fingerprint density at radius 3 is 3.07 bits per heavy atom. The highest BCUT2D eigenvalue weighted by Gasteiger charge is 2.18. The van der Waals surface area contributed by atoms with Gasteiger partial charge >= 0.3 is 0 Å². The van der Waals surface area contributed by atoms with Crippen LogP contribution in [0.3, 0.4) is 0 Å². The zero-order valence-corrected chi connectivity index (χ0v) is 9.87. The van der Waals surface area contributed by atoms with E-state index in [9.17, 15) is 0 Å². The number of rotatable bonds is 3. The van der Waals surface area contributed by atoms with Crippen LogP contribution >= 0.6 is 0 Å². The first kappa shape index (κ1) is 11.4. The Kier molecular flexibility index (Phi) is 4.42. The highest BCUT2D eigenvalue weighted by molar-refractivity contribution is 4.76. The number of nitrogens with zero attached hydrogens (tertiary/aromatic N) is 1. The van der Waals surface area contributed by atoms with E-state index in [0.29, 0.717) is 12.1 Å². The predicted octanol–water partition coefficient (Wildman–Crippen LogP) is 1.24. The molecule has 0 spiro atoms. The van der Waals surface area contributed by atoms with Crippen molar-refractivity contribution in [3.63, 3.8) is 0 Å². The Labute approximate surface area is 93.2 Å². The summed E-state index contributed by atoms with van der Waals surface area (Å²) in [5.74, 6) is 0. The molecule has 2 aliphatic rings. The van der Waals surface area contributed by atoms with Crippen molar-refractivity contribution in [3.05, 3.63) is 0 Å². The first-order valence-corrected chi connectivity index (χ1v) is 6.42. The van der Waals surface area contributed by atoms with Crippen molar-refractivity contribution in [3.8, 4) is 0 Å². The number of hydrogen-bond acceptors (Lipinski definition) is 3. The first-order chi connectivity index (χ1) is 7.34. The van der Waals surface area contributed by atoms with E-state index < -0.39 is 0 Å². The molecular formula is C12H24N2O. The molecule has 0 aromatic heterocycles. The van der Waals surface area contributed by atoms with E-state index >= 15 is 0 Å². The minimum Gasteiger partial charge on any atom is -0.378 e. The Bertz CT molecular complexity index is 180. The summed E-state index contributed by atoms with van der Waals surface area (Å²) in [6.07, 6.45) is 5.68. The molecule has 3 heteroatoms. The Morgan fingerprint density at radius 2 is 2.33 bits per heavy atom. The molecule has 2 rings (SSSR count). The highest BCUT2D eigenvalue weighted by Crippen LogP contribution is 2.16. The minimum atomic E-state index is 0.545. The van der Waals surface area contributed by atoms with Gasteiger partial charge in [-0.05, 0) is 32.6 Å². The van der Waals surface area contributed by atoms with Gasteiger partial charge in [-0.1, -0.05) is 0 Å². The van der Waals surface area contributed by atoms with Crippen LogP contribution in [-0.4, -0.2) is 49.8 Å². The summed E-state index contributed by atoms with van der Waals surface area (Å²) in [4.78, 5) is 2.57. The first-order valence-electron chi connectivity index (χ1n) is 6.42. The second-order valence-electron chi connectivity index (χ2n) is 4.93. The summed E-state index contributed by atoms with van der Waals surface area (Å²) >= 11 is 0. The summed E-state index contributed by atoms with van der Waals surface area (Å²) in [5.41, 5.74) is 0. The van der Waals surface area contributed by atoms with E-state index in [4.69, 9.17) is 4.74 Å². The molecule has 3 nitrogen and oxygen atoms in total. The molecule has 2 fully saturated rings. The van der Waals surface area contributed by atoms with Crippen LogP contribution in [-0.2, 0) is 4.74 Å². The van der Waals surface area contributed by atoms with Gasteiger partial charge in [-0.15, -0.1) is 0 Å². The number of ether oxygens (including phenoxy) is 1. The molecule has 0 saturated carbocycles. The van der Waals surface area contributed by atoms with Crippen LogP contribution in [0.5, 0.6) is 0 Å². The minimum absolute atomic E-state index is 0.545. The third kappa shape index (κ3) is 3.74. The maximum atomic E-state index is 5.75. The maximum absolute atomic E-state index is 5.75. The smallest absolute Gasteiger partial charge is 0.0587 e. The van der Waals surface area contributed by atoms with E-state index in [0.717, 1.165) is 13.2 Å². The number of nitrogens with one attached hydrogen (secondary N) is 1. The van der Waals surface area contributed by atoms with Crippen molar-refractivity contribution < 1.29 is 4.74 Å². The SMILES string of the molecule is CC1CN(CCC2CCCCO2)CCN1. The zero-order valence-electron chi connectivity index (χ0n) is 9.87. The fraction of sp³-hybridized carbons (Fsp3) is 1.00. The van der Waals surface area contributed by atoms with Gasteiger partial charge in [0.2, 0.25) is 0 Å². The van der Waals surface area contributed by atoms with Gasteiger partial charge in [-0.2, -0.15) is 0 Å². The molecule has 0 aliphatic carbocycles. The summed E-state index contributed by atoms with van der Waals surface area (Å²) in [6.45, 7) is 8.03. The molecule has 2 atom stereocenters. The number of hydrogen-bond donors (Lipinski definition) is 1. The lowest BCUT2D eigenvalue weighted by atomic mass is 10.1. The molecule has 2 saturated heterocycles. The maximum Gasteiger partial charge on any atom is 0.0587 e. The van der Waals surface area contributed by atoms with Gasteiger partial charge in [0.25, 0.3) is 0 Å². The van der Waals surface area contributed by atoms with Gasteiger partial charge in [0.05, 0.1) is 6.10 Å². The van der Waals surface area contributed by atoms with Gasteiger partial charge in [-0.25, -0.2) is 0 Å². The molecule has 0 bridgehead atoms. The fourth-order valence-electron chi connectivity index (χ4n) is 2.58. The monoisotopic (exact) mass is 212 g/mol. The summed E-state index contributed by atoms with van der Waals surface area (Å²) in [7, 11) is 0. The Morgan fingerprint density at radius 1 is 1.40 bits per heavy atom. The van der Waals surface area contributed by atoms with Gasteiger partial charge in [0.15, 0.2) is 0 Å².